The summed E-state index contributed by atoms with van der Waals surface area (Å²) in [5, 5.41) is 2.36. The zero-order valence-electron chi connectivity index (χ0n) is 20.0. The Morgan fingerprint density at radius 2 is 0.970 bits per heavy atom. The summed E-state index contributed by atoms with van der Waals surface area (Å²) in [4.78, 5) is 9.52. The third kappa shape index (κ3) is 4.96. The summed E-state index contributed by atoms with van der Waals surface area (Å²) in [6.07, 6.45) is 0. The second kappa shape index (κ2) is 10.3. The zero-order chi connectivity index (χ0) is 22.6. The number of hydrogen-bond donors (Lipinski definition) is 0. The van der Waals surface area contributed by atoms with Crippen LogP contribution in [0.25, 0.3) is 21.9 Å². The van der Waals surface area contributed by atoms with Crippen LogP contribution in [0.4, 0.5) is 11.4 Å². The average Bonchev–Trinajstić information content (AvgIpc) is 3.21. The molecule has 0 atom stereocenters. The maximum absolute atomic E-state index is 6.59. The fourth-order valence-electron chi connectivity index (χ4n) is 4.86. The number of para-hydroxylation sites is 2. The Kier molecular flexibility index (Phi) is 7.02. The quantitative estimate of drug-likeness (QED) is 0.519. The molecule has 1 aromatic heterocycles. The summed E-state index contributed by atoms with van der Waals surface area (Å²) in [5.41, 5.74) is 4.21. The smallest absolute Gasteiger partial charge is 0.158 e. The monoisotopic (exact) mass is 452 g/mol. The number of nitrogens with zero attached hydrogens (tertiary/aromatic N) is 4. The van der Waals surface area contributed by atoms with Gasteiger partial charge >= 0.3 is 0 Å². The summed E-state index contributed by atoms with van der Waals surface area (Å²) in [7, 11) is 4.32. The number of furan rings is 1. The van der Waals surface area contributed by atoms with Gasteiger partial charge < -0.3 is 23.7 Å². The first kappa shape index (κ1) is 22.5. The normalized spacial score (nSPS) is 24.1. The lowest BCUT2D eigenvalue weighted by atomic mass is 10.1. The van der Waals surface area contributed by atoms with E-state index in [1.807, 2.05) is 0 Å². The van der Waals surface area contributed by atoms with Crippen LogP contribution in [0.3, 0.4) is 0 Å². The van der Waals surface area contributed by atoms with E-state index in [4.69, 9.17) is 13.9 Å². The number of benzene rings is 2. The van der Waals surface area contributed by atoms with Crippen LogP contribution in [0, 0.1) is 0 Å². The molecule has 6 rings (SSSR count). The molecule has 3 aliphatic heterocycles. The molecule has 3 aliphatic rings. The number of hydrogen-bond acceptors (Lipinski definition) is 7. The number of likely N-dealkylation sites (N-methyl/N-ethyl adjacent to an activating group) is 2. The lowest BCUT2D eigenvalue weighted by Gasteiger charge is -2.29. The summed E-state index contributed by atoms with van der Waals surface area (Å²) < 4.78 is 18.6. The molecule has 7 heteroatoms. The molecular formula is C26H36N4O3. The first-order valence-corrected chi connectivity index (χ1v) is 12.2. The van der Waals surface area contributed by atoms with Gasteiger partial charge in [-0.2, -0.15) is 0 Å². The number of ether oxygens (including phenoxy) is 2. The minimum Gasteiger partial charge on any atom is -0.452 e. The van der Waals surface area contributed by atoms with E-state index < -0.39 is 0 Å². The molecule has 0 N–H and O–H groups in total. The van der Waals surface area contributed by atoms with E-state index in [0.29, 0.717) is 0 Å². The van der Waals surface area contributed by atoms with Gasteiger partial charge in [-0.15, -0.1) is 0 Å². The predicted octanol–water partition coefficient (Wildman–Crippen LogP) is 3.12. The molecule has 0 aliphatic carbocycles. The lowest BCUT2D eigenvalue weighted by molar-refractivity contribution is 0.0393. The fraction of sp³-hybridized carbons (Fsp3) is 0.538. The van der Waals surface area contributed by atoms with Crippen LogP contribution in [0.15, 0.2) is 40.8 Å². The maximum atomic E-state index is 6.59. The maximum Gasteiger partial charge on any atom is 0.158 e. The highest BCUT2D eigenvalue weighted by molar-refractivity contribution is 6.12. The third-order valence-corrected chi connectivity index (χ3v) is 7.02. The van der Waals surface area contributed by atoms with Crippen molar-refractivity contribution in [3.63, 3.8) is 0 Å². The largest absolute Gasteiger partial charge is 0.452 e. The minimum atomic E-state index is 0.760. The SMILES string of the molecule is CN1CCN2CCOCCN(CCOCC2)CCN(C)c2cccc3c2oc2c1cccc23. The van der Waals surface area contributed by atoms with Crippen molar-refractivity contribution in [2.75, 3.05) is 103 Å². The third-order valence-electron chi connectivity index (χ3n) is 7.02. The summed E-state index contributed by atoms with van der Waals surface area (Å²) in [5.74, 6) is 0. The molecule has 33 heavy (non-hydrogen) atoms. The standard InChI is InChI=1S/C26H36N4O3/c1-27-9-11-29-13-17-31-19-15-30(16-20-32-18-14-29)12-10-28(2)24-8-4-6-22-21-5-3-7-23(27)25(21)33-26(22)24/h3-8H,9-20H2,1-2H3. The van der Waals surface area contributed by atoms with E-state index in [1.165, 1.54) is 10.8 Å². The van der Waals surface area contributed by atoms with Gasteiger partial charge in [-0.05, 0) is 12.1 Å². The van der Waals surface area contributed by atoms with Crippen molar-refractivity contribution in [1.29, 1.82) is 0 Å². The molecule has 7 nitrogen and oxygen atoms in total. The van der Waals surface area contributed by atoms with Gasteiger partial charge in [-0.1, -0.05) is 24.3 Å². The van der Waals surface area contributed by atoms with Crippen LogP contribution in [0.5, 0.6) is 0 Å². The van der Waals surface area contributed by atoms with Crippen molar-refractivity contribution in [2.45, 2.75) is 0 Å². The molecule has 0 saturated carbocycles. The van der Waals surface area contributed by atoms with Gasteiger partial charge in [0, 0.05) is 77.2 Å². The molecule has 3 aromatic rings. The van der Waals surface area contributed by atoms with Crippen molar-refractivity contribution in [2.24, 2.45) is 0 Å². The van der Waals surface area contributed by atoms with E-state index in [0.717, 1.165) is 101 Å². The van der Waals surface area contributed by atoms with E-state index >= 15 is 0 Å². The van der Waals surface area contributed by atoms with Crippen molar-refractivity contribution in [1.82, 2.24) is 9.80 Å². The minimum absolute atomic E-state index is 0.760. The van der Waals surface area contributed by atoms with Crippen molar-refractivity contribution in [3.05, 3.63) is 36.4 Å². The summed E-state index contributed by atoms with van der Waals surface area (Å²) in [6.45, 7) is 10.5. The molecule has 4 heterocycles. The van der Waals surface area contributed by atoms with E-state index in [9.17, 15) is 0 Å². The van der Waals surface area contributed by atoms with Gasteiger partial charge in [0.25, 0.3) is 0 Å². The molecule has 0 amide bonds. The van der Waals surface area contributed by atoms with Gasteiger partial charge in [-0.25, -0.2) is 0 Å². The van der Waals surface area contributed by atoms with Gasteiger partial charge in [-0.3, -0.25) is 9.80 Å². The average molecular weight is 453 g/mol. The summed E-state index contributed by atoms with van der Waals surface area (Å²) in [6, 6.07) is 13.0. The van der Waals surface area contributed by atoms with E-state index in [2.05, 4.69) is 70.1 Å². The topological polar surface area (TPSA) is 44.6 Å². The second-order valence-electron chi connectivity index (χ2n) is 9.16. The number of fused-ring (bicyclic) bond motifs is 13. The molecule has 2 aromatic carbocycles. The highest BCUT2D eigenvalue weighted by Gasteiger charge is 2.19. The highest BCUT2D eigenvalue weighted by Crippen LogP contribution is 2.38. The van der Waals surface area contributed by atoms with Crippen LogP contribution < -0.4 is 9.80 Å². The Hall–Kier alpha value is -2.32. The number of rotatable bonds is 0. The van der Waals surface area contributed by atoms with Gasteiger partial charge in [0.1, 0.15) is 0 Å². The van der Waals surface area contributed by atoms with Crippen molar-refractivity contribution < 1.29 is 13.9 Å². The van der Waals surface area contributed by atoms with Crippen molar-refractivity contribution >= 4 is 33.3 Å². The van der Waals surface area contributed by atoms with Gasteiger partial charge in [0.05, 0.1) is 37.8 Å². The van der Waals surface area contributed by atoms with Crippen molar-refractivity contribution in [3.8, 4) is 0 Å². The van der Waals surface area contributed by atoms with Gasteiger partial charge in [0.15, 0.2) is 11.2 Å². The van der Waals surface area contributed by atoms with E-state index in [1.54, 1.807) is 0 Å². The van der Waals surface area contributed by atoms with Crippen LogP contribution in [0.1, 0.15) is 0 Å². The Bertz CT molecular complexity index is 974. The Morgan fingerprint density at radius 3 is 1.39 bits per heavy atom. The van der Waals surface area contributed by atoms with Crippen LogP contribution >= 0.6 is 0 Å². The lowest BCUT2D eigenvalue weighted by Crippen LogP contribution is -2.40. The molecule has 1 saturated heterocycles. The first-order chi connectivity index (χ1) is 16.2. The molecule has 178 valence electrons. The number of anilines is 2. The Balaban J connectivity index is 1.55. The van der Waals surface area contributed by atoms with Gasteiger partial charge in [0.2, 0.25) is 0 Å². The molecule has 4 bridgehead atoms. The Morgan fingerprint density at radius 1 is 0.545 bits per heavy atom. The molecule has 0 spiro atoms. The molecule has 0 unspecified atom stereocenters. The zero-order valence-corrected chi connectivity index (χ0v) is 20.0. The predicted molar refractivity (Wildman–Crippen MR) is 135 cm³/mol. The molecule has 0 radical (unpaired) electrons. The Labute approximate surface area is 196 Å². The molecule has 1 fully saturated rings. The second-order valence-corrected chi connectivity index (χ2v) is 9.16. The fourth-order valence-corrected chi connectivity index (χ4v) is 4.86. The van der Waals surface area contributed by atoms with Crippen LogP contribution in [0.2, 0.25) is 0 Å². The molecular weight excluding hydrogens is 416 g/mol. The summed E-state index contributed by atoms with van der Waals surface area (Å²) >= 11 is 0. The van der Waals surface area contributed by atoms with Crippen LogP contribution in [-0.4, -0.2) is 103 Å². The highest BCUT2D eigenvalue weighted by atomic mass is 16.5. The first-order valence-electron chi connectivity index (χ1n) is 12.2. The van der Waals surface area contributed by atoms with E-state index in [-0.39, 0.29) is 0 Å². The van der Waals surface area contributed by atoms with Crippen LogP contribution in [-0.2, 0) is 9.47 Å².